The number of carbonyl (C=O) groups is 2. The fourth-order valence-corrected chi connectivity index (χ4v) is 4.69. The van der Waals surface area contributed by atoms with Crippen LogP contribution in [0.25, 0.3) is 11.1 Å². The first-order valence-corrected chi connectivity index (χ1v) is 13.4. The molecule has 0 unspecified atom stereocenters. The SMILES string of the molecule is CC(C)(C)[Si](C)(C)OCC[C@@H](NC(=O)C1c2ccccc2-c2ccccc21)C(N)=O. The molecule has 1 atom stereocenters. The summed E-state index contributed by atoms with van der Waals surface area (Å²) in [6, 6.07) is 15.1. The van der Waals surface area contributed by atoms with Gasteiger partial charge in [0.15, 0.2) is 8.32 Å². The fraction of sp³-hybridized carbons (Fsp3) is 0.417. The van der Waals surface area contributed by atoms with Crippen LogP contribution >= 0.6 is 0 Å². The third-order valence-electron chi connectivity index (χ3n) is 6.43. The van der Waals surface area contributed by atoms with Gasteiger partial charge in [-0.05, 0) is 46.8 Å². The smallest absolute Gasteiger partial charge is 0.240 e. The van der Waals surface area contributed by atoms with Gasteiger partial charge in [-0.25, -0.2) is 0 Å². The predicted octanol–water partition coefficient (Wildman–Crippen LogP) is 4.18. The molecule has 0 saturated heterocycles. The van der Waals surface area contributed by atoms with Gasteiger partial charge in [-0.3, -0.25) is 9.59 Å². The minimum atomic E-state index is -1.93. The van der Waals surface area contributed by atoms with Crippen LogP contribution in [-0.2, 0) is 14.0 Å². The van der Waals surface area contributed by atoms with Crippen molar-refractivity contribution in [2.24, 2.45) is 5.73 Å². The minimum Gasteiger partial charge on any atom is -0.417 e. The highest BCUT2D eigenvalue weighted by atomic mass is 28.4. The molecule has 0 spiro atoms. The van der Waals surface area contributed by atoms with Gasteiger partial charge >= 0.3 is 0 Å². The van der Waals surface area contributed by atoms with Gasteiger partial charge in [0.05, 0.1) is 5.92 Å². The molecule has 2 aromatic rings. The second kappa shape index (κ2) is 8.36. The maximum Gasteiger partial charge on any atom is 0.240 e. The van der Waals surface area contributed by atoms with Crippen molar-refractivity contribution in [2.45, 2.75) is 57.3 Å². The van der Waals surface area contributed by atoms with Crippen LogP contribution in [0.15, 0.2) is 48.5 Å². The second-order valence-electron chi connectivity index (χ2n) is 9.47. The number of fused-ring (bicyclic) bond motifs is 3. The molecule has 0 bridgehead atoms. The van der Waals surface area contributed by atoms with E-state index in [0.717, 1.165) is 22.3 Å². The van der Waals surface area contributed by atoms with E-state index < -0.39 is 26.2 Å². The monoisotopic (exact) mass is 424 g/mol. The quantitative estimate of drug-likeness (QED) is 0.654. The molecular weight excluding hydrogens is 392 g/mol. The minimum absolute atomic E-state index is 0.0791. The van der Waals surface area contributed by atoms with Crippen LogP contribution in [-0.4, -0.2) is 32.8 Å². The van der Waals surface area contributed by atoms with Gasteiger partial charge in [-0.2, -0.15) is 0 Å². The second-order valence-corrected chi connectivity index (χ2v) is 14.3. The van der Waals surface area contributed by atoms with E-state index in [2.05, 4.69) is 39.2 Å². The summed E-state index contributed by atoms with van der Waals surface area (Å²) in [5.74, 6) is -1.19. The van der Waals surface area contributed by atoms with Gasteiger partial charge in [0, 0.05) is 6.61 Å². The number of benzene rings is 2. The van der Waals surface area contributed by atoms with E-state index >= 15 is 0 Å². The van der Waals surface area contributed by atoms with E-state index in [4.69, 9.17) is 10.2 Å². The first-order valence-electron chi connectivity index (χ1n) is 10.4. The molecule has 2 aromatic carbocycles. The molecule has 160 valence electrons. The molecule has 3 rings (SSSR count). The van der Waals surface area contributed by atoms with Crippen molar-refractivity contribution < 1.29 is 14.0 Å². The fourth-order valence-electron chi connectivity index (χ4n) is 3.63. The van der Waals surface area contributed by atoms with Crippen molar-refractivity contribution in [1.82, 2.24) is 5.32 Å². The van der Waals surface area contributed by atoms with Gasteiger partial charge in [-0.1, -0.05) is 69.3 Å². The van der Waals surface area contributed by atoms with Crippen molar-refractivity contribution in [1.29, 1.82) is 0 Å². The summed E-state index contributed by atoms with van der Waals surface area (Å²) in [6.45, 7) is 11.2. The Labute approximate surface area is 180 Å². The molecule has 6 heteroatoms. The number of carbonyl (C=O) groups excluding carboxylic acids is 2. The van der Waals surface area contributed by atoms with Gasteiger partial charge in [0.25, 0.3) is 0 Å². The largest absolute Gasteiger partial charge is 0.417 e. The lowest BCUT2D eigenvalue weighted by Crippen LogP contribution is -2.48. The van der Waals surface area contributed by atoms with Crippen molar-refractivity contribution in [3.05, 3.63) is 59.7 Å². The van der Waals surface area contributed by atoms with Gasteiger partial charge in [0.1, 0.15) is 6.04 Å². The molecule has 0 aliphatic heterocycles. The average molecular weight is 425 g/mol. The number of nitrogens with one attached hydrogen (secondary N) is 1. The average Bonchev–Trinajstić information content (AvgIpc) is 3.00. The van der Waals surface area contributed by atoms with E-state index in [9.17, 15) is 9.59 Å². The molecule has 3 N–H and O–H groups in total. The number of rotatable bonds is 7. The molecule has 0 saturated carbocycles. The van der Waals surface area contributed by atoms with Crippen LogP contribution < -0.4 is 11.1 Å². The van der Waals surface area contributed by atoms with Crippen LogP contribution in [0.5, 0.6) is 0 Å². The Morgan fingerprint density at radius 2 is 1.53 bits per heavy atom. The van der Waals surface area contributed by atoms with E-state index in [0.29, 0.717) is 13.0 Å². The summed E-state index contributed by atoms with van der Waals surface area (Å²) >= 11 is 0. The van der Waals surface area contributed by atoms with Crippen LogP contribution in [0, 0.1) is 0 Å². The highest BCUT2D eigenvalue weighted by Gasteiger charge is 2.38. The van der Waals surface area contributed by atoms with Crippen molar-refractivity contribution in [3.8, 4) is 11.1 Å². The Balaban J connectivity index is 1.74. The number of hydrogen-bond acceptors (Lipinski definition) is 3. The molecule has 0 aromatic heterocycles. The van der Waals surface area contributed by atoms with Crippen LogP contribution in [0.2, 0.25) is 18.1 Å². The van der Waals surface area contributed by atoms with E-state index in [1.807, 2.05) is 48.5 Å². The van der Waals surface area contributed by atoms with Gasteiger partial charge in [0.2, 0.25) is 11.8 Å². The summed E-state index contributed by atoms with van der Waals surface area (Å²) in [5.41, 5.74) is 9.64. The zero-order chi connectivity index (χ0) is 22.1. The summed E-state index contributed by atoms with van der Waals surface area (Å²) in [6.07, 6.45) is 0.365. The van der Waals surface area contributed by atoms with Gasteiger partial charge < -0.3 is 15.5 Å². The predicted molar refractivity (Wildman–Crippen MR) is 123 cm³/mol. The molecule has 1 aliphatic carbocycles. The van der Waals surface area contributed by atoms with E-state index in [1.165, 1.54) is 0 Å². The molecule has 30 heavy (non-hydrogen) atoms. The Morgan fingerprint density at radius 3 is 2.00 bits per heavy atom. The number of nitrogens with two attached hydrogens (primary N) is 1. The van der Waals surface area contributed by atoms with Crippen LogP contribution in [0.4, 0.5) is 0 Å². The standard InChI is InChI=1S/C24H32N2O3Si/c1-24(2,3)30(4,5)29-15-14-20(22(25)27)26-23(28)21-18-12-8-6-10-16(18)17-11-7-9-13-19(17)21/h6-13,20-21H,14-15H2,1-5H3,(H2,25,27)(H,26,28)/t20-/m1/s1. The molecule has 1 aliphatic rings. The molecule has 0 radical (unpaired) electrons. The Kier molecular flexibility index (Phi) is 6.20. The Hall–Kier alpha value is -2.44. The lowest BCUT2D eigenvalue weighted by Gasteiger charge is -2.36. The molecule has 0 heterocycles. The van der Waals surface area contributed by atoms with E-state index in [1.54, 1.807) is 0 Å². The Morgan fingerprint density at radius 1 is 1.03 bits per heavy atom. The summed E-state index contributed by atoms with van der Waals surface area (Å²) in [4.78, 5) is 25.3. The zero-order valence-electron chi connectivity index (χ0n) is 18.5. The third kappa shape index (κ3) is 4.35. The highest BCUT2D eigenvalue weighted by molar-refractivity contribution is 6.74. The van der Waals surface area contributed by atoms with Crippen molar-refractivity contribution >= 4 is 20.1 Å². The molecule has 0 fully saturated rings. The highest BCUT2D eigenvalue weighted by Crippen LogP contribution is 2.44. The first-order chi connectivity index (χ1) is 14.0. The third-order valence-corrected chi connectivity index (χ3v) is 11.0. The summed E-state index contributed by atoms with van der Waals surface area (Å²) in [5, 5.41) is 2.97. The molecule has 2 amide bonds. The molecular formula is C24H32N2O3Si. The topological polar surface area (TPSA) is 81.4 Å². The normalized spacial score (nSPS) is 14.7. The molecule has 5 nitrogen and oxygen atoms in total. The summed E-state index contributed by atoms with van der Waals surface area (Å²) in [7, 11) is -1.93. The van der Waals surface area contributed by atoms with Crippen molar-refractivity contribution in [2.75, 3.05) is 6.61 Å². The van der Waals surface area contributed by atoms with E-state index in [-0.39, 0.29) is 10.9 Å². The van der Waals surface area contributed by atoms with Crippen LogP contribution in [0.1, 0.15) is 44.2 Å². The summed E-state index contributed by atoms with van der Waals surface area (Å²) < 4.78 is 6.17. The van der Waals surface area contributed by atoms with Gasteiger partial charge in [-0.15, -0.1) is 0 Å². The zero-order valence-corrected chi connectivity index (χ0v) is 19.5. The number of amides is 2. The number of hydrogen-bond donors (Lipinski definition) is 2. The lowest BCUT2D eigenvalue weighted by molar-refractivity contribution is -0.128. The van der Waals surface area contributed by atoms with Crippen LogP contribution in [0.3, 0.4) is 0 Å². The Bertz CT molecular complexity index is 904. The maximum atomic E-state index is 13.3. The lowest BCUT2D eigenvalue weighted by atomic mass is 9.95. The first kappa shape index (κ1) is 22.2. The van der Waals surface area contributed by atoms with Crippen molar-refractivity contribution in [3.63, 3.8) is 0 Å². The maximum absolute atomic E-state index is 13.3. The number of primary amides is 1.